The van der Waals surface area contributed by atoms with E-state index >= 15 is 0 Å². The van der Waals surface area contributed by atoms with Crippen LogP contribution in [-0.4, -0.2) is 17.4 Å². The summed E-state index contributed by atoms with van der Waals surface area (Å²) in [5.74, 6) is 0.384. The van der Waals surface area contributed by atoms with Crippen LogP contribution in [0.15, 0.2) is 43.0 Å². The van der Waals surface area contributed by atoms with E-state index in [0.29, 0.717) is 13.0 Å². The van der Waals surface area contributed by atoms with Crippen molar-refractivity contribution in [3.8, 4) is 11.3 Å². The van der Waals surface area contributed by atoms with Crippen molar-refractivity contribution < 1.29 is 4.79 Å². The molecule has 4 heteroatoms. The molecule has 3 rings (SSSR count). The maximum Gasteiger partial charge on any atom is 0.229 e. The van der Waals surface area contributed by atoms with Gasteiger partial charge in [0.2, 0.25) is 5.91 Å². The molecule has 0 bridgehead atoms. The van der Waals surface area contributed by atoms with Crippen molar-refractivity contribution in [2.24, 2.45) is 5.92 Å². The molecule has 0 radical (unpaired) electrons. The van der Waals surface area contributed by atoms with E-state index < -0.39 is 0 Å². The summed E-state index contributed by atoms with van der Waals surface area (Å²) in [6.45, 7) is 6.53. The molecule has 2 heterocycles. The lowest BCUT2D eigenvalue weighted by molar-refractivity contribution is -0.117. The molecular formula is C16H16N2OS. The fourth-order valence-corrected chi connectivity index (χ4v) is 3.40. The largest absolute Gasteiger partial charge is 0.287 e. The number of rotatable bonds is 3. The first-order valence-electron chi connectivity index (χ1n) is 6.65. The summed E-state index contributed by atoms with van der Waals surface area (Å²) in [7, 11) is 0. The van der Waals surface area contributed by atoms with E-state index in [1.54, 1.807) is 16.2 Å². The summed E-state index contributed by atoms with van der Waals surface area (Å²) in [6, 6.07) is 10.1. The highest BCUT2D eigenvalue weighted by atomic mass is 32.1. The van der Waals surface area contributed by atoms with Gasteiger partial charge >= 0.3 is 0 Å². The molecule has 3 nitrogen and oxygen atoms in total. The Kier molecular flexibility index (Phi) is 3.40. The topological polar surface area (TPSA) is 33.2 Å². The Morgan fingerprint density at radius 1 is 1.40 bits per heavy atom. The fourth-order valence-electron chi connectivity index (χ4n) is 2.44. The van der Waals surface area contributed by atoms with Crippen LogP contribution < -0.4 is 4.90 Å². The Bertz CT molecular complexity index is 648. The summed E-state index contributed by atoms with van der Waals surface area (Å²) in [6.07, 6.45) is 2.40. The van der Waals surface area contributed by atoms with E-state index in [0.717, 1.165) is 21.3 Å². The van der Waals surface area contributed by atoms with Gasteiger partial charge in [-0.05, 0) is 6.92 Å². The molecule has 1 aromatic heterocycles. The molecule has 0 saturated carbocycles. The molecule has 2 aromatic rings. The zero-order chi connectivity index (χ0) is 14.1. The number of carbonyl (C=O) groups excluding carboxylic acids is 1. The number of hydrogen-bond donors (Lipinski definition) is 0. The van der Waals surface area contributed by atoms with Crippen molar-refractivity contribution in [2.75, 3.05) is 11.4 Å². The van der Waals surface area contributed by atoms with Crippen molar-refractivity contribution in [1.29, 1.82) is 0 Å². The minimum absolute atomic E-state index is 0.142. The van der Waals surface area contributed by atoms with E-state index in [1.807, 2.05) is 36.4 Å². The van der Waals surface area contributed by atoms with Gasteiger partial charge in [-0.25, -0.2) is 4.98 Å². The van der Waals surface area contributed by atoms with Crippen molar-refractivity contribution in [2.45, 2.75) is 13.3 Å². The van der Waals surface area contributed by atoms with Gasteiger partial charge in [0, 0.05) is 29.3 Å². The minimum atomic E-state index is 0.142. The lowest BCUT2D eigenvalue weighted by atomic mass is 10.1. The van der Waals surface area contributed by atoms with Crippen molar-refractivity contribution in [1.82, 2.24) is 4.98 Å². The first-order chi connectivity index (χ1) is 9.69. The quantitative estimate of drug-likeness (QED) is 0.806. The molecular weight excluding hydrogens is 268 g/mol. The SMILES string of the molecule is C=CC1CC(=O)N(c2nc(-c3ccccc3)c(C)s2)C1. The number of benzene rings is 1. The molecule has 20 heavy (non-hydrogen) atoms. The van der Waals surface area contributed by atoms with E-state index in [2.05, 4.69) is 18.5 Å². The van der Waals surface area contributed by atoms with E-state index in [9.17, 15) is 4.79 Å². The van der Waals surface area contributed by atoms with Gasteiger partial charge in [-0.3, -0.25) is 9.69 Å². The summed E-state index contributed by atoms with van der Waals surface area (Å²) < 4.78 is 0. The standard InChI is InChI=1S/C16H16N2OS/c1-3-12-9-14(19)18(10-12)16-17-15(11(2)20-16)13-7-5-4-6-8-13/h3-8,12H,1,9-10H2,2H3. The third-order valence-electron chi connectivity index (χ3n) is 3.55. The molecule has 0 spiro atoms. The minimum Gasteiger partial charge on any atom is -0.287 e. The smallest absolute Gasteiger partial charge is 0.229 e. The van der Waals surface area contributed by atoms with Crippen LogP contribution in [-0.2, 0) is 4.79 Å². The number of nitrogens with zero attached hydrogens (tertiary/aromatic N) is 2. The Hall–Kier alpha value is -1.94. The number of carbonyl (C=O) groups is 1. The van der Waals surface area contributed by atoms with Gasteiger partial charge in [0.05, 0.1) is 5.69 Å². The number of aromatic nitrogens is 1. The number of amides is 1. The highest BCUT2D eigenvalue weighted by molar-refractivity contribution is 7.16. The maximum atomic E-state index is 12.0. The van der Waals surface area contributed by atoms with Gasteiger partial charge in [-0.1, -0.05) is 36.4 Å². The van der Waals surface area contributed by atoms with Crippen LogP contribution in [0.1, 0.15) is 11.3 Å². The monoisotopic (exact) mass is 284 g/mol. The molecule has 1 unspecified atom stereocenters. The van der Waals surface area contributed by atoms with Gasteiger partial charge in [0.25, 0.3) is 0 Å². The Morgan fingerprint density at radius 2 is 2.15 bits per heavy atom. The summed E-state index contributed by atoms with van der Waals surface area (Å²) in [5, 5.41) is 0.802. The lowest BCUT2D eigenvalue weighted by Crippen LogP contribution is -2.24. The van der Waals surface area contributed by atoms with E-state index in [4.69, 9.17) is 0 Å². The second-order valence-corrected chi connectivity index (χ2v) is 6.15. The normalized spacial score (nSPS) is 18.6. The zero-order valence-corrected chi connectivity index (χ0v) is 12.2. The van der Waals surface area contributed by atoms with Crippen LogP contribution in [0.25, 0.3) is 11.3 Å². The van der Waals surface area contributed by atoms with Crippen molar-refractivity contribution >= 4 is 22.4 Å². The van der Waals surface area contributed by atoms with Gasteiger partial charge in [-0.15, -0.1) is 17.9 Å². The predicted octanol–water partition coefficient (Wildman–Crippen LogP) is 3.66. The highest BCUT2D eigenvalue weighted by Gasteiger charge is 2.31. The molecule has 1 aromatic carbocycles. The molecule has 0 aliphatic carbocycles. The fraction of sp³-hybridized carbons (Fsp3) is 0.250. The average Bonchev–Trinajstić information content (AvgIpc) is 3.02. The third kappa shape index (κ3) is 2.27. The number of thiazole rings is 1. The van der Waals surface area contributed by atoms with Gasteiger partial charge in [-0.2, -0.15) is 0 Å². The molecule has 1 amide bonds. The first-order valence-corrected chi connectivity index (χ1v) is 7.46. The van der Waals surface area contributed by atoms with Crippen LogP contribution in [0.4, 0.5) is 5.13 Å². The van der Waals surface area contributed by atoms with Gasteiger partial charge in [0.1, 0.15) is 0 Å². The van der Waals surface area contributed by atoms with E-state index in [1.165, 1.54) is 0 Å². The number of aryl methyl sites for hydroxylation is 1. The summed E-state index contributed by atoms with van der Waals surface area (Å²) >= 11 is 1.58. The maximum absolute atomic E-state index is 12.0. The zero-order valence-electron chi connectivity index (χ0n) is 11.4. The second kappa shape index (κ2) is 5.21. The van der Waals surface area contributed by atoms with Crippen LogP contribution in [0.5, 0.6) is 0 Å². The van der Waals surface area contributed by atoms with Gasteiger partial charge in [0.15, 0.2) is 5.13 Å². The van der Waals surface area contributed by atoms with Crippen LogP contribution >= 0.6 is 11.3 Å². The molecule has 1 saturated heterocycles. The van der Waals surface area contributed by atoms with Crippen LogP contribution in [0.3, 0.4) is 0 Å². The van der Waals surface area contributed by atoms with Crippen molar-refractivity contribution in [3.63, 3.8) is 0 Å². The predicted molar refractivity (Wildman–Crippen MR) is 82.9 cm³/mol. The van der Waals surface area contributed by atoms with Gasteiger partial charge < -0.3 is 0 Å². The average molecular weight is 284 g/mol. The van der Waals surface area contributed by atoms with Crippen LogP contribution in [0, 0.1) is 12.8 Å². The molecule has 102 valence electrons. The Balaban J connectivity index is 1.94. The molecule has 0 N–H and O–H groups in total. The molecule has 1 aliphatic rings. The Morgan fingerprint density at radius 3 is 2.80 bits per heavy atom. The lowest BCUT2D eigenvalue weighted by Gasteiger charge is -2.11. The van der Waals surface area contributed by atoms with Crippen LogP contribution in [0.2, 0.25) is 0 Å². The number of hydrogen-bond acceptors (Lipinski definition) is 3. The highest BCUT2D eigenvalue weighted by Crippen LogP contribution is 2.35. The first kappa shape index (κ1) is 13.1. The van der Waals surface area contributed by atoms with E-state index in [-0.39, 0.29) is 11.8 Å². The molecule has 1 fully saturated rings. The Labute approximate surface area is 122 Å². The summed E-state index contributed by atoms with van der Waals surface area (Å²) in [4.78, 5) is 19.6. The van der Waals surface area contributed by atoms with Crippen molar-refractivity contribution in [3.05, 3.63) is 47.9 Å². The third-order valence-corrected chi connectivity index (χ3v) is 4.55. The molecule has 1 aliphatic heterocycles. The number of anilines is 1. The summed E-state index contributed by atoms with van der Waals surface area (Å²) in [5.41, 5.74) is 2.07. The second-order valence-electron chi connectivity index (χ2n) is 4.97. The molecule has 1 atom stereocenters.